The van der Waals surface area contributed by atoms with Crippen molar-refractivity contribution in [2.75, 3.05) is 52.4 Å². The molecule has 1 amide bonds. The van der Waals surface area contributed by atoms with Gasteiger partial charge in [0.2, 0.25) is 5.91 Å². The van der Waals surface area contributed by atoms with Crippen LogP contribution in [-0.2, 0) is 11.2 Å². The number of carbonyl (C=O) groups is 1. The molecule has 3 heterocycles. The van der Waals surface area contributed by atoms with E-state index in [0.717, 1.165) is 77.6 Å². The van der Waals surface area contributed by atoms with Gasteiger partial charge in [-0.15, -0.1) is 0 Å². The zero-order valence-corrected chi connectivity index (χ0v) is 18.2. The summed E-state index contributed by atoms with van der Waals surface area (Å²) >= 11 is 0. The second-order valence-electron chi connectivity index (χ2n) is 8.02. The molecule has 0 spiro atoms. The molecule has 2 aliphatic rings. The number of nitrogens with one attached hydrogen (secondary N) is 1. The predicted octanol–water partition coefficient (Wildman–Crippen LogP) is 1.53. The number of hydrogen-bond acceptors (Lipinski definition) is 4. The Morgan fingerprint density at radius 1 is 1.17 bits per heavy atom. The summed E-state index contributed by atoms with van der Waals surface area (Å²) in [5.41, 5.74) is 2.52. The van der Waals surface area contributed by atoms with Crippen molar-refractivity contribution in [3.05, 3.63) is 29.6 Å². The van der Waals surface area contributed by atoms with Crippen LogP contribution >= 0.6 is 0 Å². The summed E-state index contributed by atoms with van der Waals surface area (Å²) in [6.07, 6.45) is 6.97. The Bertz CT molecular complexity index is 692. The number of aliphatic imine (C=N–C) groups is 1. The predicted molar refractivity (Wildman–Crippen MR) is 117 cm³/mol. The molecule has 160 valence electrons. The molecule has 2 aliphatic heterocycles. The largest absolute Gasteiger partial charge is 0.357 e. The average Bonchev–Trinajstić information content (AvgIpc) is 3.28. The second kappa shape index (κ2) is 10.6. The summed E-state index contributed by atoms with van der Waals surface area (Å²) in [5, 5.41) is 3.43. The fourth-order valence-corrected chi connectivity index (χ4v) is 4.17. The molecule has 0 aromatic carbocycles. The lowest BCUT2D eigenvalue weighted by molar-refractivity contribution is -0.135. The van der Waals surface area contributed by atoms with Gasteiger partial charge in [-0.1, -0.05) is 0 Å². The van der Waals surface area contributed by atoms with E-state index in [1.807, 2.05) is 17.3 Å². The van der Waals surface area contributed by atoms with Crippen molar-refractivity contribution in [2.45, 2.75) is 46.1 Å². The molecule has 0 radical (unpaired) electrons. The van der Waals surface area contributed by atoms with Crippen molar-refractivity contribution in [3.8, 4) is 0 Å². The molecule has 1 aromatic heterocycles. The van der Waals surface area contributed by atoms with E-state index in [9.17, 15) is 4.79 Å². The smallest absolute Gasteiger partial charge is 0.239 e. The topological polar surface area (TPSA) is 64.1 Å². The third kappa shape index (κ3) is 5.69. The number of nitrogens with zero attached hydrogens (tertiary/aromatic N) is 5. The van der Waals surface area contributed by atoms with Crippen molar-refractivity contribution in [1.29, 1.82) is 0 Å². The van der Waals surface area contributed by atoms with E-state index in [-0.39, 0.29) is 6.04 Å². The Hall–Kier alpha value is -2.15. The van der Waals surface area contributed by atoms with Gasteiger partial charge in [0.25, 0.3) is 0 Å². The van der Waals surface area contributed by atoms with Crippen LogP contribution in [0.3, 0.4) is 0 Å². The Balaban J connectivity index is 1.52. The van der Waals surface area contributed by atoms with E-state index in [1.165, 1.54) is 11.1 Å². The number of piperazine rings is 1. The summed E-state index contributed by atoms with van der Waals surface area (Å²) in [4.78, 5) is 28.4. The van der Waals surface area contributed by atoms with E-state index >= 15 is 0 Å². The maximum atomic E-state index is 12.7. The third-order valence-electron chi connectivity index (χ3n) is 6.05. The molecule has 0 aliphatic carbocycles. The van der Waals surface area contributed by atoms with Crippen LogP contribution in [0, 0.1) is 6.92 Å². The summed E-state index contributed by atoms with van der Waals surface area (Å²) in [7, 11) is 0. The van der Waals surface area contributed by atoms with Crippen molar-refractivity contribution >= 4 is 11.9 Å². The zero-order valence-electron chi connectivity index (χ0n) is 18.2. The molecule has 2 saturated heterocycles. The molecule has 7 heteroatoms. The van der Waals surface area contributed by atoms with Crippen LogP contribution in [-0.4, -0.2) is 90.0 Å². The molecule has 2 fully saturated rings. The van der Waals surface area contributed by atoms with Crippen LogP contribution in [0.5, 0.6) is 0 Å². The van der Waals surface area contributed by atoms with E-state index in [4.69, 9.17) is 4.99 Å². The third-order valence-corrected chi connectivity index (χ3v) is 6.05. The molecule has 7 nitrogen and oxygen atoms in total. The van der Waals surface area contributed by atoms with Crippen LogP contribution in [0.4, 0.5) is 0 Å². The zero-order chi connectivity index (χ0) is 20.6. The minimum absolute atomic E-state index is 0.0237. The number of aromatic nitrogens is 1. The van der Waals surface area contributed by atoms with Gasteiger partial charge in [0.05, 0.1) is 6.04 Å². The highest BCUT2D eigenvalue weighted by atomic mass is 16.2. The van der Waals surface area contributed by atoms with Gasteiger partial charge >= 0.3 is 0 Å². The molecule has 29 heavy (non-hydrogen) atoms. The highest BCUT2D eigenvalue weighted by Crippen LogP contribution is 2.14. The Labute approximate surface area is 175 Å². The van der Waals surface area contributed by atoms with E-state index in [0.29, 0.717) is 5.91 Å². The lowest BCUT2D eigenvalue weighted by Crippen LogP contribution is -2.57. The first-order valence-corrected chi connectivity index (χ1v) is 11.1. The molecule has 3 rings (SSSR count). The number of likely N-dealkylation sites (tertiary alicyclic amines) is 1. The van der Waals surface area contributed by atoms with Crippen molar-refractivity contribution in [1.82, 2.24) is 25.0 Å². The van der Waals surface area contributed by atoms with E-state index < -0.39 is 0 Å². The number of hydrogen-bond donors (Lipinski definition) is 1. The Morgan fingerprint density at radius 2 is 1.90 bits per heavy atom. The minimum atomic E-state index is -0.0237. The number of carbonyl (C=O) groups excluding carboxylic acids is 1. The van der Waals surface area contributed by atoms with Gasteiger partial charge in [0.1, 0.15) is 0 Å². The van der Waals surface area contributed by atoms with Gasteiger partial charge in [-0.3, -0.25) is 19.7 Å². The average molecular weight is 401 g/mol. The van der Waals surface area contributed by atoms with Crippen LogP contribution in [0.1, 0.15) is 37.8 Å². The van der Waals surface area contributed by atoms with Crippen LogP contribution in [0.15, 0.2) is 23.5 Å². The number of aryl methyl sites for hydroxylation is 1. The highest BCUT2D eigenvalue weighted by molar-refractivity contribution is 5.82. The molecule has 1 atom stereocenters. The number of rotatable bonds is 6. The van der Waals surface area contributed by atoms with Crippen LogP contribution < -0.4 is 5.32 Å². The van der Waals surface area contributed by atoms with Gasteiger partial charge in [0.15, 0.2) is 5.96 Å². The van der Waals surface area contributed by atoms with E-state index in [1.54, 1.807) is 0 Å². The highest BCUT2D eigenvalue weighted by Gasteiger charge is 2.30. The fourth-order valence-electron chi connectivity index (χ4n) is 4.17. The molecular formula is C22H36N6O. The van der Waals surface area contributed by atoms with Crippen LogP contribution in [0.2, 0.25) is 0 Å². The van der Waals surface area contributed by atoms with Gasteiger partial charge < -0.3 is 15.1 Å². The first-order chi connectivity index (χ1) is 14.1. The molecule has 1 N–H and O–H groups in total. The van der Waals surface area contributed by atoms with Gasteiger partial charge in [-0.05, 0) is 57.2 Å². The molecule has 1 unspecified atom stereocenters. The maximum absolute atomic E-state index is 12.7. The Kier molecular flexibility index (Phi) is 7.86. The van der Waals surface area contributed by atoms with Crippen LogP contribution in [0.25, 0.3) is 0 Å². The molecule has 0 bridgehead atoms. The number of pyridine rings is 1. The molecule has 1 aromatic rings. The monoisotopic (exact) mass is 400 g/mol. The summed E-state index contributed by atoms with van der Waals surface area (Å²) in [5.74, 6) is 1.28. The minimum Gasteiger partial charge on any atom is -0.357 e. The van der Waals surface area contributed by atoms with Crippen molar-refractivity contribution in [2.24, 2.45) is 4.99 Å². The fraction of sp³-hybridized carbons (Fsp3) is 0.682. The lowest BCUT2D eigenvalue weighted by atomic mass is 10.1. The summed E-state index contributed by atoms with van der Waals surface area (Å²) in [6.45, 7) is 13.3. The first kappa shape index (κ1) is 21.6. The molecule has 0 saturated carbocycles. The normalized spacial score (nSPS) is 19.5. The quantitative estimate of drug-likeness (QED) is 0.580. The second-order valence-corrected chi connectivity index (χ2v) is 8.02. The summed E-state index contributed by atoms with van der Waals surface area (Å²) in [6, 6.07) is 2.06. The SMILES string of the molecule is CCNC(=NCCc1ccncc1C)N1CCN(C(C)C(=O)N2CCCC2)CC1. The number of guanidine groups is 1. The molecular weight excluding hydrogens is 364 g/mol. The maximum Gasteiger partial charge on any atom is 0.239 e. The van der Waals surface area contributed by atoms with Gasteiger partial charge in [-0.25, -0.2) is 0 Å². The van der Waals surface area contributed by atoms with Crippen molar-refractivity contribution < 1.29 is 4.79 Å². The van der Waals surface area contributed by atoms with Gasteiger partial charge in [0, 0.05) is 64.8 Å². The van der Waals surface area contributed by atoms with E-state index in [2.05, 4.69) is 46.9 Å². The lowest BCUT2D eigenvalue weighted by Gasteiger charge is -2.39. The summed E-state index contributed by atoms with van der Waals surface area (Å²) < 4.78 is 0. The van der Waals surface area contributed by atoms with Crippen molar-refractivity contribution in [3.63, 3.8) is 0 Å². The number of amides is 1. The standard InChI is InChI=1S/C22H36N6O/c1-4-24-22(25-10-8-20-7-9-23-17-18(20)2)28-15-13-26(14-16-28)19(3)21(29)27-11-5-6-12-27/h7,9,17,19H,4-6,8,10-16H2,1-3H3,(H,24,25). The van der Waals surface area contributed by atoms with Gasteiger partial charge in [-0.2, -0.15) is 0 Å². The first-order valence-electron chi connectivity index (χ1n) is 11.1. The Morgan fingerprint density at radius 3 is 2.55 bits per heavy atom.